The van der Waals surface area contributed by atoms with Crippen LogP contribution in [-0.4, -0.2) is 60.9 Å². The van der Waals surface area contributed by atoms with Gasteiger partial charge in [-0.05, 0) is 51.9 Å². The summed E-state index contributed by atoms with van der Waals surface area (Å²) in [4.78, 5) is 16.8. The number of piperidine rings is 1. The van der Waals surface area contributed by atoms with Crippen LogP contribution in [0.25, 0.3) is 0 Å². The summed E-state index contributed by atoms with van der Waals surface area (Å²) in [5.74, 6) is 0.139. The van der Waals surface area contributed by atoms with Crippen molar-refractivity contribution < 1.29 is 14.6 Å². The first-order chi connectivity index (χ1) is 12.1. The van der Waals surface area contributed by atoms with Gasteiger partial charge in [-0.15, -0.1) is 0 Å². The molecule has 0 radical (unpaired) electrons. The molecule has 0 bridgehead atoms. The summed E-state index contributed by atoms with van der Waals surface area (Å²) in [5.41, 5.74) is 0.869. The molecule has 2 fully saturated rings. The van der Waals surface area contributed by atoms with Crippen molar-refractivity contribution in [1.29, 1.82) is 0 Å². The molecule has 2 unspecified atom stereocenters. The molecule has 138 valence electrons. The number of benzene rings is 1. The molecule has 0 aromatic heterocycles. The Kier molecular flexibility index (Phi) is 5.77. The fourth-order valence-corrected chi connectivity index (χ4v) is 4.33. The zero-order valence-corrected chi connectivity index (χ0v) is 15.4. The van der Waals surface area contributed by atoms with Crippen LogP contribution in [0.4, 0.5) is 5.69 Å². The van der Waals surface area contributed by atoms with E-state index in [0.717, 1.165) is 38.0 Å². The third kappa shape index (κ3) is 3.59. The van der Waals surface area contributed by atoms with Gasteiger partial charge in [0.25, 0.3) is 0 Å². The maximum Gasteiger partial charge on any atom is 0.241 e. The van der Waals surface area contributed by atoms with Crippen LogP contribution in [0.5, 0.6) is 0 Å². The smallest absolute Gasteiger partial charge is 0.241 e. The zero-order valence-electron chi connectivity index (χ0n) is 15.4. The van der Waals surface area contributed by atoms with E-state index in [-0.39, 0.29) is 23.5 Å². The largest absolute Gasteiger partial charge is 0.392 e. The van der Waals surface area contributed by atoms with Crippen LogP contribution < -0.4 is 4.90 Å². The highest BCUT2D eigenvalue weighted by Gasteiger charge is 2.56. The number of ether oxygens (including phenoxy) is 1. The van der Waals surface area contributed by atoms with E-state index in [4.69, 9.17) is 4.74 Å². The van der Waals surface area contributed by atoms with Gasteiger partial charge in [0.1, 0.15) is 0 Å². The predicted molar refractivity (Wildman–Crippen MR) is 98.6 cm³/mol. The third-order valence-electron chi connectivity index (χ3n) is 5.94. The van der Waals surface area contributed by atoms with Crippen molar-refractivity contribution in [1.82, 2.24) is 4.90 Å². The standard InChI is InChI=1S/C20H30N2O3/c1-3-22(16-8-6-5-7-9-16)19(24)15-21-12-10-20(11-13-21)17(23)14-18(20)25-4-2/h5-9,17-18,23H,3-4,10-15H2,1-2H3. The Morgan fingerprint density at radius 3 is 2.52 bits per heavy atom. The zero-order chi connectivity index (χ0) is 17.9. The molecule has 1 N–H and O–H groups in total. The molecule has 3 rings (SSSR count). The van der Waals surface area contributed by atoms with Gasteiger partial charge in [0.05, 0.1) is 18.8 Å². The fraction of sp³-hybridized carbons (Fsp3) is 0.650. The number of amides is 1. The summed E-state index contributed by atoms with van der Waals surface area (Å²) in [7, 11) is 0. The fourth-order valence-electron chi connectivity index (χ4n) is 4.33. The van der Waals surface area contributed by atoms with E-state index in [0.29, 0.717) is 19.7 Å². The molecular formula is C20H30N2O3. The second-order valence-corrected chi connectivity index (χ2v) is 7.18. The minimum atomic E-state index is -0.252. The number of anilines is 1. The van der Waals surface area contributed by atoms with Gasteiger partial charge in [-0.1, -0.05) is 18.2 Å². The molecule has 1 saturated carbocycles. The highest BCUT2D eigenvalue weighted by atomic mass is 16.5. The van der Waals surface area contributed by atoms with E-state index in [1.165, 1.54) is 0 Å². The van der Waals surface area contributed by atoms with Crippen molar-refractivity contribution in [3.8, 4) is 0 Å². The van der Waals surface area contributed by atoms with Crippen LogP contribution in [0.1, 0.15) is 33.1 Å². The van der Waals surface area contributed by atoms with Gasteiger partial charge in [-0.25, -0.2) is 0 Å². The van der Waals surface area contributed by atoms with Crippen LogP contribution in [0, 0.1) is 5.41 Å². The first-order valence-corrected chi connectivity index (χ1v) is 9.48. The van der Waals surface area contributed by atoms with Gasteiger partial charge in [0.15, 0.2) is 0 Å². The number of hydrogen-bond donors (Lipinski definition) is 1. The monoisotopic (exact) mass is 346 g/mol. The number of para-hydroxylation sites is 1. The molecule has 1 aliphatic heterocycles. The van der Waals surface area contributed by atoms with Crippen LogP contribution in [0.3, 0.4) is 0 Å². The number of aliphatic hydroxyl groups is 1. The van der Waals surface area contributed by atoms with Crippen LogP contribution in [0.2, 0.25) is 0 Å². The molecule has 1 saturated heterocycles. The van der Waals surface area contributed by atoms with Crippen molar-refractivity contribution >= 4 is 11.6 Å². The Morgan fingerprint density at radius 2 is 1.96 bits per heavy atom. The van der Waals surface area contributed by atoms with E-state index in [9.17, 15) is 9.90 Å². The van der Waals surface area contributed by atoms with Gasteiger partial charge < -0.3 is 14.7 Å². The number of likely N-dealkylation sites (N-methyl/N-ethyl adjacent to an activating group) is 1. The number of hydrogen-bond acceptors (Lipinski definition) is 4. The summed E-state index contributed by atoms with van der Waals surface area (Å²) >= 11 is 0. The number of likely N-dealkylation sites (tertiary alicyclic amines) is 1. The molecule has 1 aromatic rings. The van der Waals surface area contributed by atoms with Crippen LogP contribution in [0.15, 0.2) is 30.3 Å². The minimum Gasteiger partial charge on any atom is -0.392 e. The highest BCUT2D eigenvalue weighted by Crippen LogP contribution is 2.50. The second-order valence-electron chi connectivity index (χ2n) is 7.18. The van der Waals surface area contributed by atoms with Gasteiger partial charge in [0, 0.05) is 30.7 Å². The summed E-state index contributed by atoms with van der Waals surface area (Å²) in [5, 5.41) is 10.3. The molecular weight excluding hydrogens is 316 g/mol. The van der Waals surface area contributed by atoms with Crippen LogP contribution in [-0.2, 0) is 9.53 Å². The Labute approximate surface area is 150 Å². The summed E-state index contributed by atoms with van der Waals surface area (Å²) in [6, 6.07) is 9.84. The minimum absolute atomic E-state index is 0.0839. The number of aliphatic hydroxyl groups excluding tert-OH is 1. The average Bonchev–Trinajstić information content (AvgIpc) is 2.64. The Morgan fingerprint density at radius 1 is 1.28 bits per heavy atom. The molecule has 25 heavy (non-hydrogen) atoms. The van der Waals surface area contributed by atoms with Gasteiger partial charge >= 0.3 is 0 Å². The molecule has 1 amide bonds. The summed E-state index contributed by atoms with van der Waals surface area (Å²) < 4.78 is 5.82. The molecule has 1 heterocycles. The SMILES string of the molecule is CCOC1CC(O)C12CCN(CC(=O)N(CC)c1ccccc1)CC2. The molecule has 1 spiro atoms. The third-order valence-corrected chi connectivity index (χ3v) is 5.94. The van der Waals surface area contributed by atoms with Gasteiger partial charge in [0.2, 0.25) is 5.91 Å². The lowest BCUT2D eigenvalue weighted by atomic mass is 9.58. The van der Waals surface area contributed by atoms with Crippen molar-refractivity contribution in [3.05, 3.63) is 30.3 Å². The molecule has 5 nitrogen and oxygen atoms in total. The number of rotatable bonds is 6. The molecule has 5 heteroatoms. The topological polar surface area (TPSA) is 53.0 Å². The summed E-state index contributed by atoms with van der Waals surface area (Å²) in [6.45, 7) is 7.52. The maximum absolute atomic E-state index is 12.7. The number of nitrogens with zero attached hydrogens (tertiary/aromatic N) is 2. The van der Waals surface area contributed by atoms with Crippen molar-refractivity contribution in [2.75, 3.05) is 37.7 Å². The lowest BCUT2D eigenvalue weighted by Gasteiger charge is -2.56. The maximum atomic E-state index is 12.7. The first kappa shape index (κ1) is 18.4. The summed E-state index contributed by atoms with van der Waals surface area (Å²) in [6.07, 6.45) is 2.50. The Hall–Kier alpha value is -1.43. The first-order valence-electron chi connectivity index (χ1n) is 9.48. The molecule has 1 aliphatic carbocycles. The average molecular weight is 346 g/mol. The quantitative estimate of drug-likeness (QED) is 0.859. The lowest BCUT2D eigenvalue weighted by molar-refractivity contribution is -0.209. The number of carbonyl (C=O) groups excluding carboxylic acids is 1. The normalized spacial score (nSPS) is 25.6. The van der Waals surface area contributed by atoms with Gasteiger partial charge in [-0.3, -0.25) is 9.69 Å². The highest BCUT2D eigenvalue weighted by molar-refractivity contribution is 5.94. The lowest BCUT2D eigenvalue weighted by Crippen LogP contribution is -2.62. The van der Waals surface area contributed by atoms with Crippen molar-refractivity contribution in [3.63, 3.8) is 0 Å². The van der Waals surface area contributed by atoms with E-state index in [1.54, 1.807) is 0 Å². The van der Waals surface area contributed by atoms with E-state index in [1.807, 2.05) is 49.1 Å². The van der Waals surface area contributed by atoms with Crippen molar-refractivity contribution in [2.24, 2.45) is 5.41 Å². The predicted octanol–water partition coefficient (Wildman–Crippen LogP) is 2.29. The Balaban J connectivity index is 1.56. The van der Waals surface area contributed by atoms with Crippen LogP contribution >= 0.6 is 0 Å². The van der Waals surface area contributed by atoms with Crippen molar-refractivity contribution in [2.45, 2.75) is 45.3 Å². The van der Waals surface area contributed by atoms with E-state index in [2.05, 4.69) is 4.90 Å². The van der Waals surface area contributed by atoms with E-state index < -0.39 is 0 Å². The molecule has 2 atom stereocenters. The number of carbonyl (C=O) groups is 1. The molecule has 1 aromatic carbocycles. The van der Waals surface area contributed by atoms with E-state index >= 15 is 0 Å². The second kappa shape index (κ2) is 7.85. The van der Waals surface area contributed by atoms with Gasteiger partial charge in [-0.2, -0.15) is 0 Å². The Bertz CT molecular complexity index is 568. The molecule has 2 aliphatic rings.